The van der Waals surface area contributed by atoms with Gasteiger partial charge in [0.25, 0.3) is 0 Å². The van der Waals surface area contributed by atoms with Crippen molar-refractivity contribution in [3.05, 3.63) is 42.7 Å². The predicted molar refractivity (Wildman–Crippen MR) is 91.1 cm³/mol. The minimum Gasteiger partial charge on any atom is -0.496 e. The van der Waals surface area contributed by atoms with Crippen LogP contribution in [-0.4, -0.2) is 37.4 Å². The van der Waals surface area contributed by atoms with Gasteiger partial charge in [-0.1, -0.05) is 12.6 Å². The highest BCUT2D eigenvalue weighted by molar-refractivity contribution is 6.08. The van der Waals surface area contributed by atoms with E-state index < -0.39 is 0 Å². The van der Waals surface area contributed by atoms with Gasteiger partial charge in [-0.2, -0.15) is 0 Å². The van der Waals surface area contributed by atoms with Crippen molar-refractivity contribution in [1.82, 2.24) is 9.97 Å². The average molecular weight is 310 g/mol. The van der Waals surface area contributed by atoms with Crippen LogP contribution in [0.1, 0.15) is 5.69 Å². The van der Waals surface area contributed by atoms with E-state index in [-0.39, 0.29) is 0 Å². The fourth-order valence-corrected chi connectivity index (χ4v) is 2.51. The largest absolute Gasteiger partial charge is 0.496 e. The zero-order valence-electron chi connectivity index (χ0n) is 13.2. The first kappa shape index (κ1) is 15.2. The van der Waals surface area contributed by atoms with Crippen LogP contribution in [0.5, 0.6) is 11.5 Å². The van der Waals surface area contributed by atoms with E-state index in [0.29, 0.717) is 24.7 Å². The Hall–Kier alpha value is -2.66. The van der Waals surface area contributed by atoms with Crippen LogP contribution < -0.4 is 9.47 Å². The summed E-state index contributed by atoms with van der Waals surface area (Å²) in [7, 11) is 3.27. The summed E-state index contributed by atoms with van der Waals surface area (Å²) in [6.07, 6.45) is 3.44. The molecule has 118 valence electrons. The number of methoxy groups -OCH3 is 2. The molecule has 0 bridgehead atoms. The summed E-state index contributed by atoms with van der Waals surface area (Å²) in [6, 6.07) is 7.67. The Morgan fingerprint density at radius 2 is 2.00 bits per heavy atom. The van der Waals surface area contributed by atoms with Crippen molar-refractivity contribution in [3.63, 3.8) is 0 Å². The van der Waals surface area contributed by atoms with E-state index in [1.807, 2.05) is 24.3 Å². The molecule has 3 aromatic rings. The first-order valence-corrected chi connectivity index (χ1v) is 7.29. The van der Waals surface area contributed by atoms with Crippen molar-refractivity contribution in [2.75, 3.05) is 27.4 Å². The molecule has 0 spiro atoms. The molecule has 2 heterocycles. The maximum Gasteiger partial charge on any atom is 0.134 e. The first-order chi connectivity index (χ1) is 11.3. The van der Waals surface area contributed by atoms with Crippen LogP contribution in [0.25, 0.3) is 27.9 Å². The number of pyridine rings is 2. The van der Waals surface area contributed by atoms with Crippen molar-refractivity contribution in [2.24, 2.45) is 0 Å². The number of aromatic nitrogens is 2. The zero-order chi connectivity index (χ0) is 16.2. The second-order valence-corrected chi connectivity index (χ2v) is 4.97. The van der Waals surface area contributed by atoms with Gasteiger partial charge in [0.05, 0.1) is 30.3 Å². The highest BCUT2D eigenvalue weighted by atomic mass is 16.5. The molecular formula is C18H18N2O3. The van der Waals surface area contributed by atoms with Crippen LogP contribution in [0.15, 0.2) is 37.0 Å². The van der Waals surface area contributed by atoms with Gasteiger partial charge in [0.2, 0.25) is 0 Å². The Morgan fingerprint density at radius 1 is 1.13 bits per heavy atom. The monoisotopic (exact) mass is 310 g/mol. The van der Waals surface area contributed by atoms with E-state index in [4.69, 9.17) is 14.2 Å². The standard InChI is InChI=1S/C18H18N2O3/c1-4-13-11-14(22-3)16-15(23-9-8-21-2)10-12-6-5-7-19-17(12)18(16)20-13/h4-7,10-11H,1,8-9H2,2-3H3. The van der Waals surface area contributed by atoms with Gasteiger partial charge in [-0.05, 0) is 18.2 Å². The number of ether oxygens (including phenoxy) is 3. The fraction of sp³-hybridized carbons (Fsp3) is 0.222. The Morgan fingerprint density at radius 3 is 2.74 bits per heavy atom. The molecule has 0 radical (unpaired) electrons. The van der Waals surface area contributed by atoms with E-state index in [2.05, 4.69) is 16.5 Å². The minimum atomic E-state index is 0.448. The average Bonchev–Trinajstić information content (AvgIpc) is 2.60. The van der Waals surface area contributed by atoms with Crippen molar-refractivity contribution in [3.8, 4) is 11.5 Å². The van der Waals surface area contributed by atoms with Crippen molar-refractivity contribution in [2.45, 2.75) is 0 Å². The van der Waals surface area contributed by atoms with Gasteiger partial charge >= 0.3 is 0 Å². The van der Waals surface area contributed by atoms with Gasteiger partial charge in [0, 0.05) is 24.8 Å². The molecule has 0 saturated carbocycles. The summed E-state index contributed by atoms with van der Waals surface area (Å²) in [5.41, 5.74) is 2.28. The molecule has 0 N–H and O–H groups in total. The van der Waals surface area contributed by atoms with Crippen molar-refractivity contribution < 1.29 is 14.2 Å². The third kappa shape index (κ3) is 2.83. The number of benzene rings is 1. The predicted octanol–water partition coefficient (Wildman–Crippen LogP) is 3.46. The number of nitrogens with zero attached hydrogens (tertiary/aromatic N) is 2. The summed E-state index contributed by atoms with van der Waals surface area (Å²) in [4.78, 5) is 9.11. The number of hydrogen-bond donors (Lipinski definition) is 0. The third-order valence-corrected chi connectivity index (χ3v) is 3.57. The van der Waals surface area contributed by atoms with Crippen LogP contribution in [0.4, 0.5) is 0 Å². The molecule has 0 amide bonds. The van der Waals surface area contributed by atoms with Crippen LogP contribution in [0, 0.1) is 0 Å². The highest BCUT2D eigenvalue weighted by Gasteiger charge is 2.15. The fourth-order valence-electron chi connectivity index (χ4n) is 2.51. The molecule has 3 rings (SSSR count). The van der Waals surface area contributed by atoms with Crippen molar-refractivity contribution >= 4 is 27.9 Å². The smallest absolute Gasteiger partial charge is 0.134 e. The lowest BCUT2D eigenvalue weighted by atomic mass is 10.1. The van der Waals surface area contributed by atoms with Crippen LogP contribution in [0.2, 0.25) is 0 Å². The Bertz CT molecular complexity index is 862. The number of rotatable bonds is 6. The lowest BCUT2D eigenvalue weighted by molar-refractivity contribution is 0.147. The third-order valence-electron chi connectivity index (χ3n) is 3.57. The molecular weight excluding hydrogens is 292 g/mol. The van der Waals surface area contributed by atoms with Gasteiger partial charge in [0.15, 0.2) is 0 Å². The molecule has 5 nitrogen and oxygen atoms in total. The molecule has 2 aromatic heterocycles. The topological polar surface area (TPSA) is 53.5 Å². The lowest BCUT2D eigenvalue weighted by Gasteiger charge is -2.14. The first-order valence-electron chi connectivity index (χ1n) is 7.29. The van der Waals surface area contributed by atoms with Crippen LogP contribution >= 0.6 is 0 Å². The Kier molecular flexibility index (Phi) is 4.39. The number of hydrogen-bond acceptors (Lipinski definition) is 5. The van der Waals surface area contributed by atoms with E-state index in [9.17, 15) is 0 Å². The lowest BCUT2D eigenvalue weighted by Crippen LogP contribution is -2.05. The Labute approximate surface area is 134 Å². The molecule has 1 aromatic carbocycles. The summed E-state index contributed by atoms with van der Waals surface area (Å²) >= 11 is 0. The molecule has 5 heteroatoms. The van der Waals surface area contributed by atoms with Gasteiger partial charge < -0.3 is 14.2 Å². The molecule has 0 unspecified atom stereocenters. The number of fused-ring (bicyclic) bond motifs is 3. The van der Waals surface area contributed by atoms with E-state index in [1.165, 1.54) is 0 Å². The molecule has 0 atom stereocenters. The molecule has 0 aliphatic heterocycles. The van der Waals surface area contributed by atoms with Gasteiger partial charge in [-0.3, -0.25) is 4.98 Å². The van der Waals surface area contributed by atoms with Gasteiger partial charge in [0.1, 0.15) is 23.6 Å². The SMILES string of the molecule is C=Cc1cc(OC)c2c(OCCOC)cc3cccnc3c2n1. The summed E-state index contributed by atoms with van der Waals surface area (Å²) in [5, 5.41) is 1.77. The van der Waals surface area contributed by atoms with E-state index >= 15 is 0 Å². The maximum atomic E-state index is 5.89. The molecule has 0 aliphatic carbocycles. The van der Waals surface area contributed by atoms with Crippen molar-refractivity contribution in [1.29, 1.82) is 0 Å². The highest BCUT2D eigenvalue weighted by Crippen LogP contribution is 2.38. The molecule has 0 saturated heterocycles. The van der Waals surface area contributed by atoms with Crippen LogP contribution in [-0.2, 0) is 4.74 Å². The van der Waals surface area contributed by atoms with E-state index in [0.717, 1.165) is 27.5 Å². The summed E-state index contributed by atoms with van der Waals surface area (Å²) in [6.45, 7) is 4.75. The minimum absolute atomic E-state index is 0.448. The zero-order valence-corrected chi connectivity index (χ0v) is 13.2. The summed E-state index contributed by atoms with van der Waals surface area (Å²) < 4.78 is 16.5. The molecule has 0 aliphatic rings. The second kappa shape index (κ2) is 6.62. The second-order valence-electron chi connectivity index (χ2n) is 4.97. The summed E-state index contributed by atoms with van der Waals surface area (Å²) in [5.74, 6) is 1.39. The Balaban J connectivity index is 2.32. The van der Waals surface area contributed by atoms with Gasteiger partial charge in [-0.25, -0.2) is 4.98 Å². The van der Waals surface area contributed by atoms with E-state index in [1.54, 1.807) is 26.5 Å². The quantitative estimate of drug-likeness (QED) is 0.515. The molecule has 23 heavy (non-hydrogen) atoms. The maximum absolute atomic E-state index is 5.89. The van der Waals surface area contributed by atoms with Gasteiger partial charge in [-0.15, -0.1) is 0 Å². The molecule has 0 fully saturated rings. The normalized spacial score (nSPS) is 10.9. The van der Waals surface area contributed by atoms with Crippen LogP contribution in [0.3, 0.4) is 0 Å².